The Balaban J connectivity index is 2.66. The van der Waals surface area contributed by atoms with Gasteiger partial charge in [-0.05, 0) is 24.6 Å². The lowest BCUT2D eigenvalue weighted by Gasteiger charge is -2.08. The molecule has 0 radical (unpaired) electrons. The Morgan fingerprint density at radius 3 is 2.76 bits per heavy atom. The number of amides is 1. The largest absolute Gasteiger partial charge is 0.465 e. The first kappa shape index (κ1) is 13.2. The Labute approximate surface area is 99.9 Å². The van der Waals surface area contributed by atoms with Gasteiger partial charge >= 0.3 is 5.97 Å². The van der Waals surface area contributed by atoms with E-state index < -0.39 is 12.0 Å². The molecule has 0 unspecified atom stereocenters. The number of rotatable bonds is 4. The molecular formula is C12H16N2O3. The predicted molar refractivity (Wildman–Crippen MR) is 63.3 cm³/mol. The first-order valence-electron chi connectivity index (χ1n) is 5.25. The fraction of sp³-hybridized carbons (Fsp3) is 0.333. The van der Waals surface area contributed by atoms with Crippen molar-refractivity contribution in [2.45, 2.75) is 19.5 Å². The molecule has 0 aliphatic rings. The average molecular weight is 236 g/mol. The molecule has 92 valence electrons. The summed E-state index contributed by atoms with van der Waals surface area (Å²) in [5.74, 6) is -0.626. The van der Waals surface area contributed by atoms with Gasteiger partial charge in [-0.1, -0.05) is 12.1 Å². The zero-order valence-electron chi connectivity index (χ0n) is 9.90. The molecule has 0 aliphatic heterocycles. The van der Waals surface area contributed by atoms with Gasteiger partial charge in [0, 0.05) is 6.54 Å². The van der Waals surface area contributed by atoms with Crippen molar-refractivity contribution in [3.8, 4) is 0 Å². The van der Waals surface area contributed by atoms with E-state index in [0.717, 1.165) is 5.56 Å². The highest BCUT2D eigenvalue weighted by Gasteiger charge is 2.08. The molecule has 0 saturated carbocycles. The molecule has 1 rings (SSSR count). The van der Waals surface area contributed by atoms with E-state index >= 15 is 0 Å². The molecule has 0 fully saturated rings. The van der Waals surface area contributed by atoms with Crippen molar-refractivity contribution in [1.82, 2.24) is 5.32 Å². The number of nitrogens with two attached hydrogens (primary N) is 1. The second kappa shape index (κ2) is 6.00. The summed E-state index contributed by atoms with van der Waals surface area (Å²) >= 11 is 0. The van der Waals surface area contributed by atoms with Crippen LogP contribution < -0.4 is 11.1 Å². The highest BCUT2D eigenvalue weighted by molar-refractivity contribution is 5.89. The number of benzene rings is 1. The summed E-state index contributed by atoms with van der Waals surface area (Å²) in [5, 5.41) is 2.67. The van der Waals surface area contributed by atoms with Gasteiger partial charge in [-0.3, -0.25) is 4.79 Å². The topological polar surface area (TPSA) is 81.4 Å². The lowest BCUT2D eigenvalue weighted by Crippen LogP contribution is -2.37. The van der Waals surface area contributed by atoms with Crippen molar-refractivity contribution < 1.29 is 14.3 Å². The van der Waals surface area contributed by atoms with E-state index in [2.05, 4.69) is 10.1 Å². The van der Waals surface area contributed by atoms with Gasteiger partial charge in [0.15, 0.2) is 0 Å². The standard InChI is InChI=1S/C12H16N2O3/c1-8(13)11(15)14-7-9-4-3-5-10(6-9)12(16)17-2/h3-6,8H,7,13H2,1-2H3,(H,14,15)/t8-/m1/s1. The van der Waals surface area contributed by atoms with E-state index in [9.17, 15) is 9.59 Å². The highest BCUT2D eigenvalue weighted by Crippen LogP contribution is 2.06. The lowest BCUT2D eigenvalue weighted by molar-refractivity contribution is -0.122. The van der Waals surface area contributed by atoms with Crippen LogP contribution in [0.2, 0.25) is 0 Å². The maximum atomic E-state index is 11.3. The van der Waals surface area contributed by atoms with Crippen LogP contribution in [0, 0.1) is 0 Å². The van der Waals surface area contributed by atoms with Crippen LogP contribution in [0.1, 0.15) is 22.8 Å². The summed E-state index contributed by atoms with van der Waals surface area (Å²) in [6.45, 7) is 1.95. The second-order valence-electron chi connectivity index (χ2n) is 3.70. The van der Waals surface area contributed by atoms with Crippen LogP contribution in [0.25, 0.3) is 0 Å². The highest BCUT2D eigenvalue weighted by atomic mass is 16.5. The average Bonchev–Trinajstić information content (AvgIpc) is 2.35. The molecule has 0 heterocycles. The first-order chi connectivity index (χ1) is 8.04. The van der Waals surface area contributed by atoms with Crippen molar-refractivity contribution >= 4 is 11.9 Å². The number of ether oxygens (including phenoxy) is 1. The number of esters is 1. The Kier molecular flexibility index (Phi) is 4.66. The van der Waals surface area contributed by atoms with Gasteiger partial charge in [0.1, 0.15) is 0 Å². The number of nitrogens with one attached hydrogen (secondary N) is 1. The third-order valence-corrected chi connectivity index (χ3v) is 2.23. The lowest BCUT2D eigenvalue weighted by atomic mass is 10.1. The summed E-state index contributed by atoms with van der Waals surface area (Å²) in [6.07, 6.45) is 0. The van der Waals surface area contributed by atoms with Crippen LogP contribution in [0.5, 0.6) is 0 Å². The molecule has 1 amide bonds. The molecule has 0 spiro atoms. The van der Waals surface area contributed by atoms with Gasteiger partial charge in [-0.25, -0.2) is 4.79 Å². The minimum Gasteiger partial charge on any atom is -0.465 e. The van der Waals surface area contributed by atoms with Crippen molar-refractivity contribution in [2.75, 3.05) is 7.11 Å². The molecule has 1 atom stereocenters. The van der Waals surface area contributed by atoms with E-state index in [0.29, 0.717) is 12.1 Å². The molecular weight excluding hydrogens is 220 g/mol. The molecule has 0 aromatic heterocycles. The normalized spacial score (nSPS) is 11.7. The van der Waals surface area contributed by atoms with Crippen molar-refractivity contribution in [1.29, 1.82) is 0 Å². The van der Waals surface area contributed by atoms with E-state index in [1.165, 1.54) is 7.11 Å². The smallest absolute Gasteiger partial charge is 0.337 e. The van der Waals surface area contributed by atoms with Crippen LogP contribution in [-0.4, -0.2) is 25.0 Å². The predicted octanol–water partition coefficient (Wildman–Crippen LogP) is 0.437. The second-order valence-corrected chi connectivity index (χ2v) is 3.70. The molecule has 3 N–H and O–H groups in total. The van der Waals surface area contributed by atoms with Crippen LogP contribution in [-0.2, 0) is 16.1 Å². The SMILES string of the molecule is COC(=O)c1cccc(CNC(=O)[C@@H](C)N)c1. The molecule has 5 nitrogen and oxygen atoms in total. The molecule has 1 aromatic carbocycles. The van der Waals surface area contributed by atoms with E-state index in [1.54, 1.807) is 25.1 Å². The molecule has 1 aromatic rings. The van der Waals surface area contributed by atoms with Crippen molar-refractivity contribution in [3.05, 3.63) is 35.4 Å². The molecule has 5 heteroatoms. The van der Waals surface area contributed by atoms with Crippen LogP contribution in [0.4, 0.5) is 0 Å². The summed E-state index contributed by atoms with van der Waals surface area (Å²) < 4.78 is 4.61. The number of methoxy groups -OCH3 is 1. The third kappa shape index (κ3) is 3.88. The van der Waals surface area contributed by atoms with Crippen LogP contribution in [0.3, 0.4) is 0 Å². The number of hydrogen-bond donors (Lipinski definition) is 2. The number of carbonyl (C=O) groups excluding carboxylic acids is 2. The van der Waals surface area contributed by atoms with E-state index in [-0.39, 0.29) is 5.91 Å². The van der Waals surface area contributed by atoms with Crippen molar-refractivity contribution in [2.24, 2.45) is 5.73 Å². The third-order valence-electron chi connectivity index (χ3n) is 2.23. The quantitative estimate of drug-likeness (QED) is 0.743. The number of hydrogen-bond acceptors (Lipinski definition) is 4. The maximum Gasteiger partial charge on any atom is 0.337 e. The Hall–Kier alpha value is -1.88. The Morgan fingerprint density at radius 2 is 2.18 bits per heavy atom. The van der Waals surface area contributed by atoms with E-state index in [1.807, 2.05) is 6.07 Å². The van der Waals surface area contributed by atoms with Gasteiger partial charge in [-0.15, -0.1) is 0 Å². The van der Waals surface area contributed by atoms with Gasteiger partial charge in [0.05, 0.1) is 18.7 Å². The van der Waals surface area contributed by atoms with Crippen LogP contribution >= 0.6 is 0 Å². The van der Waals surface area contributed by atoms with Gasteiger partial charge in [0.2, 0.25) is 5.91 Å². The molecule has 0 aliphatic carbocycles. The molecule has 0 bridgehead atoms. The summed E-state index contributed by atoms with van der Waals surface area (Å²) in [6, 6.07) is 6.34. The maximum absolute atomic E-state index is 11.3. The fourth-order valence-corrected chi connectivity index (χ4v) is 1.28. The summed E-state index contributed by atoms with van der Waals surface area (Å²) in [7, 11) is 1.33. The van der Waals surface area contributed by atoms with Crippen molar-refractivity contribution in [3.63, 3.8) is 0 Å². The zero-order chi connectivity index (χ0) is 12.8. The Bertz CT molecular complexity index is 416. The number of carbonyl (C=O) groups is 2. The van der Waals surface area contributed by atoms with Gasteiger partial charge < -0.3 is 15.8 Å². The molecule has 17 heavy (non-hydrogen) atoms. The molecule has 0 saturated heterocycles. The fourth-order valence-electron chi connectivity index (χ4n) is 1.28. The minimum absolute atomic E-state index is 0.228. The summed E-state index contributed by atoms with van der Waals surface area (Å²) in [4.78, 5) is 22.5. The van der Waals surface area contributed by atoms with E-state index in [4.69, 9.17) is 5.73 Å². The Morgan fingerprint density at radius 1 is 1.47 bits per heavy atom. The zero-order valence-corrected chi connectivity index (χ0v) is 9.90. The summed E-state index contributed by atoms with van der Waals surface area (Å²) in [5.41, 5.74) is 6.69. The first-order valence-corrected chi connectivity index (χ1v) is 5.25. The monoisotopic (exact) mass is 236 g/mol. The van der Waals surface area contributed by atoms with Gasteiger partial charge in [0.25, 0.3) is 0 Å². The van der Waals surface area contributed by atoms with Crippen LogP contribution in [0.15, 0.2) is 24.3 Å². The minimum atomic E-state index is -0.543. The van der Waals surface area contributed by atoms with Gasteiger partial charge in [-0.2, -0.15) is 0 Å².